The quantitative estimate of drug-likeness (QED) is 0.315. The van der Waals surface area contributed by atoms with Crippen LogP contribution in [0.25, 0.3) is 0 Å². The van der Waals surface area contributed by atoms with Gasteiger partial charge in [-0.2, -0.15) is 4.72 Å². The Labute approximate surface area is 183 Å². The molecule has 5 nitrogen and oxygen atoms in total. The minimum absolute atomic E-state index is 0.0104. The Morgan fingerprint density at radius 2 is 1.58 bits per heavy atom. The van der Waals surface area contributed by atoms with Gasteiger partial charge in [0, 0.05) is 0 Å². The lowest BCUT2D eigenvalue weighted by molar-refractivity contribution is -0.130. The molecule has 31 heavy (non-hydrogen) atoms. The second-order valence-electron chi connectivity index (χ2n) is 7.19. The van der Waals surface area contributed by atoms with Crippen LogP contribution in [0.3, 0.4) is 0 Å². The molecule has 6 heteroatoms. The van der Waals surface area contributed by atoms with E-state index in [2.05, 4.69) is 11.3 Å². The maximum atomic E-state index is 13.0. The third-order valence-electron chi connectivity index (χ3n) is 4.89. The van der Waals surface area contributed by atoms with E-state index in [1.807, 2.05) is 26.0 Å². The standard InChI is InChI=1S/C25H25NO4S/c1-4-20-12-14-21(15-13-20)24(19(3)25(27)30-22-8-6-5-7-9-22)26-31(28,29)23-16-10-18(2)11-17-23/h5-17,24,26H,3-4H2,1-2H3. The van der Waals surface area contributed by atoms with Crippen molar-refractivity contribution >= 4 is 16.0 Å². The van der Waals surface area contributed by atoms with E-state index in [-0.39, 0.29) is 10.5 Å². The predicted molar refractivity (Wildman–Crippen MR) is 121 cm³/mol. The first-order valence-electron chi connectivity index (χ1n) is 9.94. The molecule has 0 amide bonds. The molecule has 0 radical (unpaired) electrons. The van der Waals surface area contributed by atoms with Gasteiger partial charge in [-0.15, -0.1) is 0 Å². The molecule has 0 saturated heterocycles. The fourth-order valence-corrected chi connectivity index (χ4v) is 4.22. The lowest BCUT2D eigenvalue weighted by Gasteiger charge is -2.21. The van der Waals surface area contributed by atoms with Crippen LogP contribution in [-0.4, -0.2) is 14.4 Å². The zero-order chi connectivity index (χ0) is 22.4. The molecule has 1 unspecified atom stereocenters. The lowest BCUT2D eigenvalue weighted by atomic mass is 9.99. The third kappa shape index (κ3) is 5.69. The topological polar surface area (TPSA) is 72.5 Å². The van der Waals surface area contributed by atoms with Crippen LogP contribution in [0.2, 0.25) is 0 Å². The maximum Gasteiger partial charge on any atom is 0.340 e. The van der Waals surface area contributed by atoms with Crippen LogP contribution in [0, 0.1) is 6.92 Å². The molecule has 0 spiro atoms. The molecule has 0 bridgehead atoms. The molecule has 0 heterocycles. The van der Waals surface area contributed by atoms with Gasteiger partial charge in [0.15, 0.2) is 0 Å². The highest BCUT2D eigenvalue weighted by Gasteiger charge is 2.28. The summed E-state index contributed by atoms with van der Waals surface area (Å²) in [6.45, 7) is 7.77. The van der Waals surface area contributed by atoms with Crippen LogP contribution in [0.1, 0.15) is 29.7 Å². The van der Waals surface area contributed by atoms with E-state index in [4.69, 9.17) is 4.74 Å². The summed E-state index contributed by atoms with van der Waals surface area (Å²) in [5, 5.41) is 0. The molecule has 160 valence electrons. The number of carbonyl (C=O) groups excluding carboxylic acids is 1. The van der Waals surface area contributed by atoms with Crippen LogP contribution in [-0.2, 0) is 21.2 Å². The number of rotatable bonds is 8. The van der Waals surface area contributed by atoms with E-state index in [1.165, 1.54) is 12.1 Å². The van der Waals surface area contributed by atoms with Crippen LogP contribution < -0.4 is 9.46 Å². The Morgan fingerprint density at radius 1 is 0.968 bits per heavy atom. The molecule has 0 aliphatic heterocycles. The zero-order valence-electron chi connectivity index (χ0n) is 17.5. The summed E-state index contributed by atoms with van der Waals surface area (Å²) < 4.78 is 34.1. The molecule has 0 saturated carbocycles. The fourth-order valence-electron chi connectivity index (χ4n) is 3.01. The molecule has 0 aliphatic rings. The fraction of sp³-hybridized carbons (Fsp3) is 0.160. The van der Waals surface area contributed by atoms with Crippen LogP contribution in [0.5, 0.6) is 5.75 Å². The molecular formula is C25H25NO4S. The second-order valence-corrected chi connectivity index (χ2v) is 8.90. The Kier molecular flexibility index (Phi) is 7.05. The van der Waals surface area contributed by atoms with Crippen molar-refractivity contribution in [2.24, 2.45) is 0 Å². The summed E-state index contributed by atoms with van der Waals surface area (Å²) in [5.74, 6) is -0.350. The predicted octanol–water partition coefficient (Wildman–Crippen LogP) is 4.74. The van der Waals surface area contributed by atoms with Crippen molar-refractivity contribution in [1.82, 2.24) is 4.72 Å². The van der Waals surface area contributed by atoms with Crippen molar-refractivity contribution in [3.63, 3.8) is 0 Å². The average Bonchev–Trinajstić information content (AvgIpc) is 2.78. The number of hydrogen-bond acceptors (Lipinski definition) is 4. The molecule has 1 atom stereocenters. The van der Waals surface area contributed by atoms with E-state index >= 15 is 0 Å². The van der Waals surface area contributed by atoms with Gasteiger partial charge in [-0.25, -0.2) is 13.2 Å². The Bertz CT molecular complexity index is 1150. The summed E-state index contributed by atoms with van der Waals surface area (Å²) in [7, 11) is -3.91. The number of hydrogen-bond donors (Lipinski definition) is 1. The Hall–Kier alpha value is -3.22. The summed E-state index contributed by atoms with van der Waals surface area (Å²) in [6, 6.07) is 21.5. The van der Waals surface area contributed by atoms with Crippen molar-refractivity contribution in [3.05, 3.63) is 108 Å². The monoisotopic (exact) mass is 435 g/mol. The van der Waals surface area contributed by atoms with Crippen LogP contribution in [0.15, 0.2) is 95.9 Å². The lowest BCUT2D eigenvalue weighted by Crippen LogP contribution is -2.33. The highest BCUT2D eigenvalue weighted by Crippen LogP contribution is 2.26. The molecule has 1 N–H and O–H groups in total. The van der Waals surface area contributed by atoms with Gasteiger partial charge in [0.25, 0.3) is 0 Å². The van der Waals surface area contributed by atoms with E-state index in [0.717, 1.165) is 17.5 Å². The van der Waals surface area contributed by atoms with Gasteiger partial charge in [-0.05, 0) is 48.7 Å². The summed E-state index contributed by atoms with van der Waals surface area (Å²) >= 11 is 0. The van der Waals surface area contributed by atoms with Gasteiger partial charge in [0.2, 0.25) is 10.0 Å². The van der Waals surface area contributed by atoms with Gasteiger partial charge in [-0.1, -0.05) is 73.7 Å². The van der Waals surface area contributed by atoms with Crippen LogP contribution in [0.4, 0.5) is 0 Å². The minimum atomic E-state index is -3.91. The number of aryl methyl sites for hydroxylation is 2. The first-order valence-corrected chi connectivity index (χ1v) is 11.4. The number of para-hydroxylation sites is 1. The normalized spacial score (nSPS) is 12.2. The van der Waals surface area contributed by atoms with Crippen molar-refractivity contribution in [2.75, 3.05) is 0 Å². The molecule has 0 aliphatic carbocycles. The Morgan fingerprint density at radius 3 is 2.16 bits per heavy atom. The van der Waals surface area contributed by atoms with Gasteiger partial charge >= 0.3 is 5.97 Å². The number of ether oxygens (including phenoxy) is 1. The van der Waals surface area contributed by atoms with E-state index < -0.39 is 22.0 Å². The Balaban J connectivity index is 1.92. The number of esters is 1. The van der Waals surface area contributed by atoms with E-state index in [9.17, 15) is 13.2 Å². The van der Waals surface area contributed by atoms with Crippen molar-refractivity contribution in [1.29, 1.82) is 0 Å². The third-order valence-corrected chi connectivity index (χ3v) is 6.33. The first-order chi connectivity index (χ1) is 14.8. The number of benzene rings is 3. The summed E-state index contributed by atoms with van der Waals surface area (Å²) in [4.78, 5) is 12.9. The van der Waals surface area contributed by atoms with E-state index in [1.54, 1.807) is 54.6 Å². The van der Waals surface area contributed by atoms with Gasteiger partial charge in [-0.3, -0.25) is 0 Å². The van der Waals surface area contributed by atoms with E-state index in [0.29, 0.717) is 11.3 Å². The number of sulfonamides is 1. The molecule has 0 aromatic heterocycles. The summed E-state index contributed by atoms with van der Waals surface area (Å²) in [6.07, 6.45) is 0.844. The highest BCUT2D eigenvalue weighted by atomic mass is 32.2. The van der Waals surface area contributed by atoms with Crippen molar-refractivity contribution in [2.45, 2.75) is 31.2 Å². The van der Waals surface area contributed by atoms with Crippen molar-refractivity contribution < 1.29 is 17.9 Å². The molecular weight excluding hydrogens is 410 g/mol. The zero-order valence-corrected chi connectivity index (χ0v) is 18.4. The first kappa shape index (κ1) is 22.5. The van der Waals surface area contributed by atoms with Crippen LogP contribution >= 0.6 is 0 Å². The average molecular weight is 436 g/mol. The molecule has 3 rings (SSSR count). The smallest absolute Gasteiger partial charge is 0.340 e. The largest absolute Gasteiger partial charge is 0.423 e. The number of carbonyl (C=O) groups is 1. The molecule has 0 fully saturated rings. The molecule has 3 aromatic carbocycles. The van der Waals surface area contributed by atoms with Gasteiger partial charge in [0.1, 0.15) is 5.75 Å². The number of nitrogens with one attached hydrogen (secondary N) is 1. The SMILES string of the molecule is C=C(C(=O)Oc1ccccc1)C(NS(=O)(=O)c1ccc(C)cc1)c1ccc(CC)cc1. The molecule has 3 aromatic rings. The summed E-state index contributed by atoms with van der Waals surface area (Å²) in [5.41, 5.74) is 2.63. The van der Waals surface area contributed by atoms with Gasteiger partial charge < -0.3 is 4.74 Å². The minimum Gasteiger partial charge on any atom is -0.423 e. The maximum absolute atomic E-state index is 13.0. The van der Waals surface area contributed by atoms with Crippen molar-refractivity contribution in [3.8, 4) is 5.75 Å². The highest BCUT2D eigenvalue weighted by molar-refractivity contribution is 7.89. The second kappa shape index (κ2) is 9.73. The van der Waals surface area contributed by atoms with Gasteiger partial charge in [0.05, 0.1) is 16.5 Å².